The number of halogens is 4. The Labute approximate surface area is 273 Å². The van der Waals surface area contributed by atoms with Gasteiger partial charge in [-0.15, -0.1) is 0 Å². The van der Waals surface area contributed by atoms with Gasteiger partial charge in [-0.2, -0.15) is 4.98 Å². The molecule has 2 unspecified atom stereocenters. The molecule has 0 bridgehead atoms. The number of carbonyl (C=O) groups excluding carboxylic acids is 1. The lowest BCUT2D eigenvalue weighted by Crippen LogP contribution is -2.60. The second-order valence-electron chi connectivity index (χ2n) is 11.9. The van der Waals surface area contributed by atoms with Gasteiger partial charge in [0.2, 0.25) is 5.91 Å². The average Bonchev–Trinajstić information content (AvgIpc) is 3.00. The lowest BCUT2D eigenvalue weighted by Gasteiger charge is -2.46. The lowest BCUT2D eigenvalue weighted by molar-refractivity contribution is -0.128. The Hall–Kier alpha value is -4.29. The van der Waals surface area contributed by atoms with E-state index in [-0.39, 0.29) is 68.7 Å². The fourth-order valence-electron chi connectivity index (χ4n) is 6.41. The Kier molecular flexibility index (Phi) is 8.14. The molecule has 4 aromatic rings. The number of pyridine rings is 2. The number of nitrogens with two attached hydrogens (primary N) is 1. The number of rotatable bonds is 4. The van der Waals surface area contributed by atoms with Crippen LogP contribution in [0.2, 0.25) is 10.0 Å². The van der Waals surface area contributed by atoms with Crippen molar-refractivity contribution < 1.29 is 13.6 Å². The zero-order chi connectivity index (χ0) is 33.2. The van der Waals surface area contributed by atoms with Crippen LogP contribution in [0.1, 0.15) is 44.4 Å². The van der Waals surface area contributed by atoms with Gasteiger partial charge in [-0.25, -0.2) is 23.1 Å². The molecule has 3 N–H and O–H groups in total. The number of nitrogens with one attached hydrogen (secondary N) is 1. The highest BCUT2D eigenvalue weighted by atomic mass is 35.5. The summed E-state index contributed by atoms with van der Waals surface area (Å²) in [6, 6.07) is 2.35. The number of carbonyl (C=O) groups is 1. The molecule has 1 amide bonds. The number of amides is 1. The highest BCUT2D eigenvalue weighted by Crippen LogP contribution is 2.44. The molecule has 5 heterocycles. The molecular weight excluding hydrogens is 637 g/mol. The van der Waals surface area contributed by atoms with Gasteiger partial charge in [-0.05, 0) is 50.0 Å². The van der Waals surface area contributed by atoms with Crippen LogP contribution in [-0.4, -0.2) is 62.0 Å². The molecule has 6 rings (SSSR count). The van der Waals surface area contributed by atoms with Gasteiger partial charge in [-0.3, -0.25) is 9.78 Å². The SMILES string of the molecule is C=CC(=O)N1CC2CCNc3c(F)c(-c4c(N)c(Cl)cc(Cl)c4F)nc4c3c(nc(=O)n4-c3c(C)ccnc3C(C)C)N2CC1C. The maximum Gasteiger partial charge on any atom is 0.355 e. The van der Waals surface area contributed by atoms with E-state index in [1.54, 1.807) is 17.2 Å². The van der Waals surface area contributed by atoms with Gasteiger partial charge in [0.1, 0.15) is 11.5 Å². The predicted molar refractivity (Wildman–Crippen MR) is 177 cm³/mol. The number of benzene rings is 1. The summed E-state index contributed by atoms with van der Waals surface area (Å²) in [5.41, 5.74) is 6.07. The minimum atomic E-state index is -1.01. The molecule has 2 aliphatic rings. The van der Waals surface area contributed by atoms with Crippen molar-refractivity contribution in [3.05, 3.63) is 74.4 Å². The van der Waals surface area contributed by atoms with Gasteiger partial charge in [0.05, 0.1) is 43.8 Å². The molecule has 240 valence electrons. The van der Waals surface area contributed by atoms with E-state index in [9.17, 15) is 9.59 Å². The Bertz CT molecular complexity index is 1970. The number of nitrogens with zero attached hydrogens (tertiary/aromatic N) is 6. The van der Waals surface area contributed by atoms with Crippen LogP contribution in [0, 0.1) is 18.6 Å². The van der Waals surface area contributed by atoms with Crippen molar-refractivity contribution in [1.82, 2.24) is 24.4 Å². The second-order valence-corrected chi connectivity index (χ2v) is 12.7. The summed E-state index contributed by atoms with van der Waals surface area (Å²) in [5, 5.41) is 2.93. The first-order valence-electron chi connectivity index (χ1n) is 14.8. The summed E-state index contributed by atoms with van der Waals surface area (Å²) in [7, 11) is 0. The van der Waals surface area contributed by atoms with Crippen LogP contribution < -0.4 is 21.6 Å². The monoisotopic (exact) mass is 668 g/mol. The van der Waals surface area contributed by atoms with E-state index in [0.717, 1.165) is 6.07 Å². The second kappa shape index (κ2) is 11.8. The lowest BCUT2D eigenvalue weighted by atomic mass is 10.00. The standard InChI is InChI=1S/C32H32Cl2F2N8O2/c1-6-20(45)42-13-17-8-10-39-27-22-30(43(17)12-16(42)5)41-32(46)44(29-15(4)7-9-38-26(29)14(2)3)31(22)40-28(24(27)36)21-23(35)18(33)11-19(34)25(21)37/h6-7,9,11,14,16-17,39H,1,8,10,12-13,37H2,2-5H3. The third-order valence-electron chi connectivity index (χ3n) is 8.67. The molecule has 0 radical (unpaired) electrons. The molecule has 0 spiro atoms. The van der Waals surface area contributed by atoms with Crippen molar-refractivity contribution >= 4 is 57.3 Å². The highest BCUT2D eigenvalue weighted by Gasteiger charge is 2.38. The van der Waals surface area contributed by atoms with Crippen LogP contribution in [0.25, 0.3) is 28.0 Å². The molecule has 2 atom stereocenters. The van der Waals surface area contributed by atoms with Crippen molar-refractivity contribution in [2.75, 3.05) is 35.6 Å². The Morgan fingerprint density at radius 1 is 1.20 bits per heavy atom. The van der Waals surface area contributed by atoms with Crippen LogP contribution >= 0.6 is 23.2 Å². The molecular formula is C32H32Cl2F2N8O2. The first-order chi connectivity index (χ1) is 21.8. The van der Waals surface area contributed by atoms with Crippen molar-refractivity contribution in [3.63, 3.8) is 0 Å². The zero-order valence-electron chi connectivity index (χ0n) is 25.7. The average molecular weight is 670 g/mol. The summed E-state index contributed by atoms with van der Waals surface area (Å²) in [4.78, 5) is 44.3. The number of nitrogen functional groups attached to an aromatic ring is 1. The molecule has 0 saturated carbocycles. The van der Waals surface area contributed by atoms with Crippen LogP contribution in [0.15, 0.2) is 35.8 Å². The fraction of sp³-hybridized carbons (Fsp3) is 0.344. The number of aromatic nitrogens is 4. The van der Waals surface area contributed by atoms with Gasteiger partial charge in [0, 0.05) is 37.9 Å². The molecule has 1 saturated heterocycles. The summed E-state index contributed by atoms with van der Waals surface area (Å²) in [6.07, 6.45) is 3.39. The zero-order valence-corrected chi connectivity index (χ0v) is 27.2. The molecule has 14 heteroatoms. The van der Waals surface area contributed by atoms with E-state index in [2.05, 4.69) is 26.8 Å². The summed E-state index contributed by atoms with van der Waals surface area (Å²) < 4.78 is 33.8. The quantitative estimate of drug-likeness (QED) is 0.158. The number of fused-ring (bicyclic) bond motifs is 2. The minimum absolute atomic E-state index is 0.0136. The number of aryl methyl sites for hydroxylation is 1. The molecule has 46 heavy (non-hydrogen) atoms. The maximum atomic E-state index is 16.8. The van der Waals surface area contributed by atoms with Gasteiger partial charge >= 0.3 is 5.69 Å². The van der Waals surface area contributed by atoms with Gasteiger partial charge in [0.15, 0.2) is 17.3 Å². The largest absolute Gasteiger partial charge is 0.397 e. The van der Waals surface area contributed by atoms with Crippen molar-refractivity contribution in [2.24, 2.45) is 0 Å². The van der Waals surface area contributed by atoms with E-state index in [1.165, 1.54) is 10.6 Å². The van der Waals surface area contributed by atoms with Gasteiger partial charge in [0.25, 0.3) is 0 Å². The minimum Gasteiger partial charge on any atom is -0.397 e. The molecule has 10 nitrogen and oxygen atoms in total. The molecule has 1 aromatic carbocycles. The van der Waals surface area contributed by atoms with Crippen LogP contribution in [-0.2, 0) is 4.79 Å². The third kappa shape index (κ3) is 4.94. The summed E-state index contributed by atoms with van der Waals surface area (Å²) >= 11 is 12.4. The molecule has 0 aliphatic carbocycles. The topological polar surface area (TPSA) is 122 Å². The Morgan fingerprint density at radius 3 is 2.63 bits per heavy atom. The van der Waals surface area contributed by atoms with Crippen LogP contribution in [0.3, 0.4) is 0 Å². The number of hydrogen-bond donors (Lipinski definition) is 2. The van der Waals surface area contributed by atoms with Crippen molar-refractivity contribution in [3.8, 4) is 16.9 Å². The van der Waals surface area contributed by atoms with Crippen molar-refractivity contribution in [2.45, 2.75) is 52.1 Å². The number of hydrogen-bond acceptors (Lipinski definition) is 8. The van der Waals surface area contributed by atoms with E-state index in [0.29, 0.717) is 36.5 Å². The van der Waals surface area contributed by atoms with Gasteiger partial charge < -0.3 is 20.9 Å². The molecule has 2 aliphatic heterocycles. The van der Waals surface area contributed by atoms with Crippen molar-refractivity contribution in [1.29, 1.82) is 0 Å². The van der Waals surface area contributed by atoms with E-state index >= 15 is 8.78 Å². The Morgan fingerprint density at radius 2 is 1.93 bits per heavy atom. The van der Waals surface area contributed by atoms with Gasteiger partial charge in [-0.1, -0.05) is 43.6 Å². The first-order valence-corrected chi connectivity index (χ1v) is 15.6. The molecule has 1 fully saturated rings. The van der Waals surface area contributed by atoms with E-state index < -0.39 is 28.6 Å². The summed E-state index contributed by atoms with van der Waals surface area (Å²) in [5.74, 6) is -2.05. The fourth-order valence-corrected chi connectivity index (χ4v) is 6.87. The smallest absolute Gasteiger partial charge is 0.355 e. The third-order valence-corrected chi connectivity index (χ3v) is 9.26. The van der Waals surface area contributed by atoms with Crippen LogP contribution in [0.4, 0.5) is 26.0 Å². The highest BCUT2D eigenvalue weighted by molar-refractivity contribution is 6.37. The Balaban J connectivity index is 1.75. The van der Waals surface area contributed by atoms with Crippen LogP contribution in [0.5, 0.6) is 0 Å². The first kappa shape index (κ1) is 31.7. The van der Waals surface area contributed by atoms with E-state index in [1.807, 2.05) is 32.6 Å². The maximum absolute atomic E-state index is 16.8. The number of piperazine rings is 1. The normalized spacial score (nSPS) is 17.8. The predicted octanol–water partition coefficient (Wildman–Crippen LogP) is 5.85. The molecule has 3 aromatic heterocycles. The van der Waals surface area contributed by atoms with E-state index in [4.69, 9.17) is 28.9 Å². The number of anilines is 3. The summed E-state index contributed by atoms with van der Waals surface area (Å²) in [6.45, 7) is 12.1.